The number of hydrogen-bond acceptors (Lipinski definition) is 3. The molecule has 4 unspecified atom stereocenters. The average Bonchev–Trinajstić information content (AvgIpc) is 2.57. The predicted octanol–water partition coefficient (Wildman–Crippen LogP) is 1.89. The van der Waals surface area contributed by atoms with Crippen molar-refractivity contribution in [3.63, 3.8) is 0 Å². The van der Waals surface area contributed by atoms with Crippen LogP contribution in [-0.2, 0) is 14.4 Å². The molecule has 1 heterocycles. The Bertz CT molecular complexity index is 438. The van der Waals surface area contributed by atoms with Crippen LogP contribution in [0, 0.1) is 17.8 Å². The summed E-state index contributed by atoms with van der Waals surface area (Å²) in [6.45, 7) is 8.66. The van der Waals surface area contributed by atoms with Crippen molar-refractivity contribution in [2.24, 2.45) is 17.8 Å². The number of nitrogens with zero attached hydrogens (tertiary/aromatic N) is 1. The summed E-state index contributed by atoms with van der Waals surface area (Å²) in [6.07, 6.45) is 2.94. The maximum absolute atomic E-state index is 12.4. The van der Waals surface area contributed by atoms with Gasteiger partial charge in [0.25, 0.3) is 0 Å². The minimum atomic E-state index is -1.00. The van der Waals surface area contributed by atoms with Gasteiger partial charge in [-0.1, -0.05) is 34.1 Å². The zero-order valence-electron chi connectivity index (χ0n) is 14.7. The molecule has 6 heteroatoms. The molecule has 6 nitrogen and oxygen atoms in total. The number of piperidine rings is 1. The van der Waals surface area contributed by atoms with E-state index < -0.39 is 12.0 Å². The van der Waals surface area contributed by atoms with Gasteiger partial charge in [0, 0.05) is 19.0 Å². The Morgan fingerprint density at radius 1 is 1.22 bits per heavy atom. The van der Waals surface area contributed by atoms with Crippen LogP contribution in [0.25, 0.3) is 0 Å². The van der Waals surface area contributed by atoms with Crippen LogP contribution in [0.4, 0.5) is 0 Å². The lowest BCUT2D eigenvalue weighted by molar-refractivity contribution is -0.145. The van der Waals surface area contributed by atoms with Crippen molar-refractivity contribution in [3.05, 3.63) is 0 Å². The Labute approximate surface area is 138 Å². The quantitative estimate of drug-likeness (QED) is 0.748. The third-order valence-corrected chi connectivity index (χ3v) is 4.91. The summed E-state index contributed by atoms with van der Waals surface area (Å²) in [5, 5.41) is 12.0. The van der Waals surface area contributed by atoms with Crippen LogP contribution in [0.5, 0.6) is 0 Å². The molecule has 1 rings (SSSR count). The Kier molecular flexibility index (Phi) is 7.52. The minimum Gasteiger partial charge on any atom is -0.480 e. The zero-order valence-corrected chi connectivity index (χ0v) is 14.7. The van der Waals surface area contributed by atoms with E-state index in [0.717, 1.165) is 12.8 Å². The highest BCUT2D eigenvalue weighted by atomic mass is 16.4. The Morgan fingerprint density at radius 3 is 2.39 bits per heavy atom. The molecule has 2 N–H and O–H groups in total. The molecule has 4 atom stereocenters. The number of aliphatic carboxylic acids is 1. The SMILES string of the molecule is CCC(C)C(=O)N1CCCC(C(=O)NC(C(=O)O)C(C)CC)C1. The second-order valence-corrected chi connectivity index (χ2v) is 6.64. The fourth-order valence-electron chi connectivity index (χ4n) is 2.83. The number of carboxylic acids is 1. The van der Waals surface area contributed by atoms with Crippen molar-refractivity contribution in [2.75, 3.05) is 13.1 Å². The van der Waals surface area contributed by atoms with Gasteiger partial charge < -0.3 is 15.3 Å². The van der Waals surface area contributed by atoms with Gasteiger partial charge >= 0.3 is 5.97 Å². The molecule has 23 heavy (non-hydrogen) atoms. The van der Waals surface area contributed by atoms with Gasteiger partial charge in [-0.05, 0) is 25.2 Å². The highest BCUT2D eigenvalue weighted by Gasteiger charge is 2.33. The summed E-state index contributed by atoms with van der Waals surface area (Å²) < 4.78 is 0. The first-order chi connectivity index (χ1) is 10.8. The third kappa shape index (κ3) is 5.22. The third-order valence-electron chi connectivity index (χ3n) is 4.91. The molecule has 0 spiro atoms. The number of carbonyl (C=O) groups is 3. The van der Waals surface area contributed by atoms with E-state index in [4.69, 9.17) is 0 Å². The number of amides is 2. The largest absolute Gasteiger partial charge is 0.480 e. The highest BCUT2D eigenvalue weighted by molar-refractivity contribution is 5.86. The standard InChI is InChI=1S/C17H30N2O4/c1-5-11(3)14(17(22)23)18-15(20)13-8-7-9-19(10-13)16(21)12(4)6-2/h11-14H,5-10H2,1-4H3,(H,18,20)(H,22,23). The average molecular weight is 326 g/mol. The van der Waals surface area contributed by atoms with Crippen molar-refractivity contribution < 1.29 is 19.5 Å². The number of carboxylic acid groups (broad SMARTS) is 1. The molecule has 0 bridgehead atoms. The van der Waals surface area contributed by atoms with Gasteiger partial charge in [0.15, 0.2) is 0 Å². The van der Waals surface area contributed by atoms with E-state index in [9.17, 15) is 19.5 Å². The van der Waals surface area contributed by atoms with Crippen molar-refractivity contribution in [1.29, 1.82) is 0 Å². The molecule has 0 radical (unpaired) electrons. The molecule has 0 aromatic rings. The molecule has 1 aliphatic heterocycles. The van der Waals surface area contributed by atoms with E-state index in [1.165, 1.54) is 0 Å². The first-order valence-electron chi connectivity index (χ1n) is 8.63. The summed E-state index contributed by atoms with van der Waals surface area (Å²) in [4.78, 5) is 37.8. The maximum atomic E-state index is 12.4. The minimum absolute atomic E-state index is 0.0382. The van der Waals surface area contributed by atoms with E-state index in [-0.39, 0.29) is 29.6 Å². The molecule has 0 saturated carbocycles. The second kappa shape index (κ2) is 8.89. The first-order valence-corrected chi connectivity index (χ1v) is 8.63. The van der Waals surface area contributed by atoms with Crippen LogP contribution in [0.3, 0.4) is 0 Å². The molecule has 132 valence electrons. The monoisotopic (exact) mass is 326 g/mol. The normalized spacial score (nSPS) is 22.1. The molecule has 0 aromatic carbocycles. The van der Waals surface area contributed by atoms with Gasteiger partial charge in [-0.25, -0.2) is 4.79 Å². The number of carbonyl (C=O) groups excluding carboxylic acids is 2. The zero-order chi connectivity index (χ0) is 17.6. The Hall–Kier alpha value is -1.59. The molecule has 0 aliphatic carbocycles. The van der Waals surface area contributed by atoms with Crippen molar-refractivity contribution in [1.82, 2.24) is 10.2 Å². The van der Waals surface area contributed by atoms with Gasteiger partial charge in [0.2, 0.25) is 11.8 Å². The summed E-state index contributed by atoms with van der Waals surface area (Å²) in [5.41, 5.74) is 0. The molecule has 1 saturated heterocycles. The van der Waals surface area contributed by atoms with Crippen LogP contribution in [-0.4, -0.2) is 46.9 Å². The van der Waals surface area contributed by atoms with E-state index in [1.807, 2.05) is 27.7 Å². The Balaban J connectivity index is 2.68. The number of hydrogen-bond donors (Lipinski definition) is 2. The van der Waals surface area contributed by atoms with E-state index >= 15 is 0 Å². The lowest BCUT2D eigenvalue weighted by atomic mass is 9.93. The van der Waals surface area contributed by atoms with Crippen LogP contribution >= 0.6 is 0 Å². The molecule has 2 amide bonds. The maximum Gasteiger partial charge on any atom is 0.326 e. The van der Waals surface area contributed by atoms with Crippen LogP contribution in [0.15, 0.2) is 0 Å². The summed E-state index contributed by atoms with van der Waals surface area (Å²) in [6, 6.07) is -0.867. The molecule has 0 aromatic heterocycles. The first kappa shape index (κ1) is 19.5. The molecule has 1 aliphatic rings. The smallest absolute Gasteiger partial charge is 0.326 e. The summed E-state index contributed by atoms with van der Waals surface area (Å²) in [7, 11) is 0. The van der Waals surface area contributed by atoms with Gasteiger partial charge in [-0.15, -0.1) is 0 Å². The van der Waals surface area contributed by atoms with Crippen LogP contribution in [0.2, 0.25) is 0 Å². The van der Waals surface area contributed by atoms with E-state index in [1.54, 1.807) is 4.90 Å². The van der Waals surface area contributed by atoms with Gasteiger partial charge in [-0.3, -0.25) is 9.59 Å². The summed E-state index contributed by atoms with van der Waals surface area (Å²) in [5.74, 6) is -1.65. The molecule has 1 fully saturated rings. The Morgan fingerprint density at radius 2 is 1.87 bits per heavy atom. The van der Waals surface area contributed by atoms with Crippen LogP contribution in [0.1, 0.15) is 53.4 Å². The lowest BCUT2D eigenvalue weighted by Crippen LogP contribution is -2.51. The van der Waals surface area contributed by atoms with E-state index in [2.05, 4.69) is 5.32 Å². The number of likely N-dealkylation sites (tertiary alicyclic amines) is 1. The van der Waals surface area contributed by atoms with E-state index in [0.29, 0.717) is 25.9 Å². The topological polar surface area (TPSA) is 86.7 Å². The van der Waals surface area contributed by atoms with Crippen molar-refractivity contribution in [3.8, 4) is 0 Å². The lowest BCUT2D eigenvalue weighted by Gasteiger charge is -2.34. The van der Waals surface area contributed by atoms with Crippen molar-refractivity contribution in [2.45, 2.75) is 59.4 Å². The number of nitrogens with one attached hydrogen (secondary N) is 1. The number of rotatable bonds is 7. The fourth-order valence-corrected chi connectivity index (χ4v) is 2.83. The summed E-state index contributed by atoms with van der Waals surface area (Å²) >= 11 is 0. The van der Waals surface area contributed by atoms with Gasteiger partial charge in [-0.2, -0.15) is 0 Å². The van der Waals surface area contributed by atoms with Gasteiger partial charge in [0.1, 0.15) is 6.04 Å². The molecular weight excluding hydrogens is 296 g/mol. The highest BCUT2D eigenvalue weighted by Crippen LogP contribution is 2.20. The predicted molar refractivity (Wildman–Crippen MR) is 87.8 cm³/mol. The second-order valence-electron chi connectivity index (χ2n) is 6.64. The van der Waals surface area contributed by atoms with Crippen molar-refractivity contribution >= 4 is 17.8 Å². The fraction of sp³-hybridized carbons (Fsp3) is 0.824. The van der Waals surface area contributed by atoms with Crippen LogP contribution < -0.4 is 5.32 Å². The molecular formula is C17H30N2O4. The van der Waals surface area contributed by atoms with Gasteiger partial charge in [0.05, 0.1) is 5.92 Å².